The molecule has 156 valence electrons. The number of sulfonamides is 1. The van der Waals surface area contributed by atoms with Crippen molar-refractivity contribution in [2.75, 3.05) is 18.4 Å². The molecule has 1 N–H and O–H groups in total. The summed E-state index contributed by atoms with van der Waals surface area (Å²) >= 11 is 0. The molecule has 1 aliphatic rings. The van der Waals surface area contributed by atoms with Gasteiger partial charge in [0.05, 0.1) is 5.75 Å². The van der Waals surface area contributed by atoms with Gasteiger partial charge in [-0.25, -0.2) is 12.7 Å². The van der Waals surface area contributed by atoms with Crippen LogP contribution in [0.4, 0.5) is 5.69 Å². The Morgan fingerprint density at radius 3 is 2.07 bits per heavy atom. The number of hydrogen-bond donors (Lipinski definition) is 1. The van der Waals surface area contributed by atoms with Crippen molar-refractivity contribution in [2.45, 2.75) is 51.7 Å². The number of nitrogens with zero attached hydrogens (tertiary/aromatic N) is 1. The van der Waals surface area contributed by atoms with Crippen LogP contribution < -0.4 is 5.32 Å². The van der Waals surface area contributed by atoms with E-state index in [4.69, 9.17) is 0 Å². The number of aryl methyl sites for hydroxylation is 2. The fourth-order valence-electron chi connectivity index (χ4n) is 3.79. The zero-order valence-electron chi connectivity index (χ0n) is 17.3. The maximum atomic E-state index is 12.8. The van der Waals surface area contributed by atoms with Gasteiger partial charge < -0.3 is 5.32 Å². The van der Waals surface area contributed by atoms with Gasteiger partial charge in [-0.05, 0) is 54.5 Å². The highest BCUT2D eigenvalue weighted by Gasteiger charge is 2.24. The third-order valence-electron chi connectivity index (χ3n) is 5.51. The van der Waals surface area contributed by atoms with Crippen LogP contribution in [0.2, 0.25) is 0 Å². The molecule has 5 nitrogen and oxygen atoms in total. The van der Waals surface area contributed by atoms with Crippen LogP contribution in [-0.2, 0) is 28.6 Å². The number of amides is 1. The lowest BCUT2D eigenvalue weighted by Crippen LogP contribution is -2.36. The van der Waals surface area contributed by atoms with Gasteiger partial charge in [0.25, 0.3) is 5.91 Å². The largest absolute Gasteiger partial charge is 0.321 e. The van der Waals surface area contributed by atoms with Crippen molar-refractivity contribution in [3.8, 4) is 0 Å². The van der Waals surface area contributed by atoms with E-state index in [9.17, 15) is 13.2 Å². The van der Waals surface area contributed by atoms with Crippen LogP contribution >= 0.6 is 0 Å². The number of rotatable bonds is 7. The molecule has 0 aliphatic carbocycles. The Kier molecular flexibility index (Phi) is 7.09. The first-order valence-electron chi connectivity index (χ1n) is 10.4. The van der Waals surface area contributed by atoms with E-state index in [1.165, 1.54) is 0 Å². The number of para-hydroxylation sites is 1. The molecule has 1 aliphatic heterocycles. The van der Waals surface area contributed by atoms with Gasteiger partial charge in [-0.15, -0.1) is 0 Å². The van der Waals surface area contributed by atoms with E-state index in [1.54, 1.807) is 28.6 Å². The highest BCUT2D eigenvalue weighted by atomic mass is 32.2. The van der Waals surface area contributed by atoms with E-state index in [0.717, 1.165) is 48.9 Å². The molecule has 1 fully saturated rings. The van der Waals surface area contributed by atoms with Crippen molar-refractivity contribution in [3.05, 3.63) is 64.7 Å². The minimum absolute atomic E-state index is 0.0203. The van der Waals surface area contributed by atoms with E-state index in [-0.39, 0.29) is 11.7 Å². The van der Waals surface area contributed by atoms with Gasteiger partial charge in [0, 0.05) is 24.3 Å². The lowest BCUT2D eigenvalue weighted by atomic mass is 10.0. The molecule has 0 atom stereocenters. The summed E-state index contributed by atoms with van der Waals surface area (Å²) in [5, 5.41) is 3.05. The minimum Gasteiger partial charge on any atom is -0.321 e. The summed E-state index contributed by atoms with van der Waals surface area (Å²) in [7, 11) is -3.30. The summed E-state index contributed by atoms with van der Waals surface area (Å²) in [6, 6.07) is 13.0. The first-order valence-corrected chi connectivity index (χ1v) is 12.0. The highest BCUT2D eigenvalue weighted by Crippen LogP contribution is 2.24. The summed E-state index contributed by atoms with van der Waals surface area (Å²) in [5.74, 6) is -0.195. The molecule has 2 aromatic rings. The smallest absolute Gasteiger partial charge is 0.255 e. The second kappa shape index (κ2) is 9.55. The van der Waals surface area contributed by atoms with Crippen molar-refractivity contribution in [2.24, 2.45) is 0 Å². The van der Waals surface area contributed by atoms with Crippen LogP contribution in [-0.4, -0.2) is 31.7 Å². The topological polar surface area (TPSA) is 66.5 Å². The molecular weight excluding hydrogens is 384 g/mol. The average Bonchev–Trinajstić information content (AvgIpc) is 2.74. The van der Waals surface area contributed by atoms with E-state index in [0.29, 0.717) is 24.2 Å². The third-order valence-corrected chi connectivity index (χ3v) is 7.36. The number of piperidine rings is 1. The summed E-state index contributed by atoms with van der Waals surface area (Å²) in [4.78, 5) is 12.8. The molecule has 0 saturated carbocycles. The molecule has 0 spiro atoms. The first-order chi connectivity index (χ1) is 13.9. The molecule has 6 heteroatoms. The predicted octanol–water partition coefficient (Wildman–Crippen LogP) is 4.38. The van der Waals surface area contributed by atoms with Gasteiger partial charge in [-0.2, -0.15) is 0 Å². The molecular formula is C23H30N2O3S. The molecule has 29 heavy (non-hydrogen) atoms. The third kappa shape index (κ3) is 5.25. The van der Waals surface area contributed by atoms with Gasteiger partial charge in [-0.1, -0.05) is 50.6 Å². The molecule has 1 amide bonds. The minimum atomic E-state index is -3.30. The number of anilines is 1. The van der Waals surface area contributed by atoms with Gasteiger partial charge in [0.2, 0.25) is 10.0 Å². The Balaban J connectivity index is 1.71. The fourth-order valence-corrected chi connectivity index (χ4v) is 5.40. The second-order valence-corrected chi connectivity index (χ2v) is 9.49. The van der Waals surface area contributed by atoms with Crippen LogP contribution in [0.25, 0.3) is 0 Å². The van der Waals surface area contributed by atoms with Crippen molar-refractivity contribution in [3.63, 3.8) is 0 Å². The zero-order valence-corrected chi connectivity index (χ0v) is 18.1. The van der Waals surface area contributed by atoms with Crippen LogP contribution in [0.15, 0.2) is 42.5 Å². The first kappa shape index (κ1) is 21.5. The quantitative estimate of drug-likeness (QED) is 0.731. The van der Waals surface area contributed by atoms with Gasteiger partial charge >= 0.3 is 0 Å². The lowest BCUT2D eigenvalue weighted by Gasteiger charge is -2.25. The Labute approximate surface area is 174 Å². The van der Waals surface area contributed by atoms with Crippen LogP contribution in [0.1, 0.15) is 60.2 Å². The number of benzene rings is 2. The molecule has 0 aromatic heterocycles. The van der Waals surface area contributed by atoms with E-state index < -0.39 is 10.0 Å². The number of carbonyl (C=O) groups is 1. The molecule has 0 bridgehead atoms. The van der Waals surface area contributed by atoms with E-state index >= 15 is 0 Å². The monoisotopic (exact) mass is 414 g/mol. The van der Waals surface area contributed by atoms with Crippen LogP contribution in [0.3, 0.4) is 0 Å². The second-order valence-electron chi connectivity index (χ2n) is 7.53. The SMILES string of the molecule is CCc1cccc(CC)c1NC(=O)c1ccc(CS(=O)(=O)N2CCCCC2)cc1. The predicted molar refractivity (Wildman–Crippen MR) is 118 cm³/mol. The molecule has 3 rings (SSSR count). The van der Waals surface area contributed by atoms with Gasteiger partial charge in [-0.3, -0.25) is 4.79 Å². The summed E-state index contributed by atoms with van der Waals surface area (Å²) in [6.45, 7) is 5.36. The van der Waals surface area contributed by atoms with Crippen molar-refractivity contribution < 1.29 is 13.2 Å². The molecule has 1 saturated heterocycles. The van der Waals surface area contributed by atoms with Gasteiger partial charge in [0.15, 0.2) is 0 Å². The Hall–Kier alpha value is -2.18. The zero-order chi connectivity index (χ0) is 20.9. The summed E-state index contributed by atoms with van der Waals surface area (Å²) < 4.78 is 26.8. The standard InChI is InChI=1S/C23H30N2O3S/c1-3-19-9-8-10-20(4-2)22(19)24-23(26)21-13-11-18(12-14-21)17-29(27,28)25-15-6-5-7-16-25/h8-14H,3-7,15-17H2,1-2H3,(H,24,26). The molecule has 1 heterocycles. The Bertz CT molecular complexity index is 924. The van der Waals surface area contributed by atoms with E-state index in [1.807, 2.05) is 18.2 Å². The average molecular weight is 415 g/mol. The number of carbonyl (C=O) groups excluding carboxylic acids is 1. The van der Waals surface area contributed by atoms with Gasteiger partial charge in [0.1, 0.15) is 0 Å². The lowest BCUT2D eigenvalue weighted by molar-refractivity contribution is 0.102. The highest BCUT2D eigenvalue weighted by molar-refractivity contribution is 7.88. The maximum Gasteiger partial charge on any atom is 0.255 e. The van der Waals surface area contributed by atoms with Crippen molar-refractivity contribution in [1.29, 1.82) is 0 Å². The molecule has 0 unspecified atom stereocenters. The summed E-state index contributed by atoms with van der Waals surface area (Å²) in [5.41, 5.74) is 4.34. The fraction of sp³-hybridized carbons (Fsp3) is 0.435. The number of hydrogen-bond acceptors (Lipinski definition) is 3. The summed E-state index contributed by atoms with van der Waals surface area (Å²) in [6.07, 6.45) is 4.64. The maximum absolute atomic E-state index is 12.8. The normalized spacial score (nSPS) is 15.2. The Morgan fingerprint density at radius 1 is 0.931 bits per heavy atom. The molecule has 0 radical (unpaired) electrons. The van der Waals surface area contributed by atoms with Crippen LogP contribution in [0, 0.1) is 0 Å². The Morgan fingerprint density at radius 2 is 1.52 bits per heavy atom. The van der Waals surface area contributed by atoms with Crippen molar-refractivity contribution >= 4 is 21.6 Å². The number of nitrogens with one attached hydrogen (secondary N) is 1. The van der Waals surface area contributed by atoms with Crippen LogP contribution in [0.5, 0.6) is 0 Å². The molecule has 2 aromatic carbocycles. The van der Waals surface area contributed by atoms with Crippen molar-refractivity contribution in [1.82, 2.24) is 4.31 Å². The van der Waals surface area contributed by atoms with E-state index in [2.05, 4.69) is 19.2 Å².